The summed E-state index contributed by atoms with van der Waals surface area (Å²) in [4.78, 5) is 26.8. The van der Waals surface area contributed by atoms with E-state index in [2.05, 4.69) is 54.1 Å². The minimum Gasteiger partial charge on any atom is -0.385 e. The maximum Gasteiger partial charge on any atom is 0.293 e. The molecule has 2 amide bonds. The van der Waals surface area contributed by atoms with Gasteiger partial charge >= 0.3 is 0 Å². The Kier molecular flexibility index (Phi) is 6.06. The molecule has 0 N–H and O–H groups in total. The highest BCUT2D eigenvalue weighted by molar-refractivity contribution is 8.18. The Bertz CT molecular complexity index is 1130. The summed E-state index contributed by atoms with van der Waals surface area (Å²) in [6.45, 7) is 3.73. The van der Waals surface area contributed by atoms with Crippen molar-refractivity contribution in [3.8, 4) is 0 Å². The van der Waals surface area contributed by atoms with Crippen LogP contribution in [-0.4, -0.2) is 40.9 Å². The highest BCUT2D eigenvalue weighted by atomic mass is 32.2. The lowest BCUT2D eigenvalue weighted by Crippen LogP contribution is -2.29. The predicted octanol–water partition coefficient (Wildman–Crippen LogP) is 5.07. The lowest BCUT2D eigenvalue weighted by Gasteiger charge is -2.11. The summed E-state index contributed by atoms with van der Waals surface area (Å²) in [6.07, 6.45) is 4.54. The number of para-hydroxylation sites is 1. The van der Waals surface area contributed by atoms with Gasteiger partial charge in [0.1, 0.15) is 0 Å². The maximum atomic E-state index is 12.8. The van der Waals surface area contributed by atoms with Crippen molar-refractivity contribution in [2.75, 3.05) is 20.3 Å². The number of carbonyl (C=O) groups excluding carboxylic acids is 2. The van der Waals surface area contributed by atoms with Crippen molar-refractivity contribution in [2.24, 2.45) is 0 Å². The Balaban J connectivity index is 1.65. The van der Waals surface area contributed by atoms with E-state index in [9.17, 15) is 9.59 Å². The fourth-order valence-corrected chi connectivity index (χ4v) is 4.59. The molecule has 1 saturated heterocycles. The standard InChI is InChI=1S/C24H24N2O3S/c1-17-7-5-8-18(13-17)15-25-16-19(20-9-3-4-10-21(20)25)14-22-23(27)26(24(28)30-22)11-6-12-29-2/h3-5,7-10,13-14,16H,6,11-12,15H2,1-2H3/b22-14+. The van der Waals surface area contributed by atoms with E-state index in [-0.39, 0.29) is 11.1 Å². The van der Waals surface area contributed by atoms with Gasteiger partial charge in [-0.1, -0.05) is 48.0 Å². The second-order valence-corrected chi connectivity index (χ2v) is 8.39. The Morgan fingerprint density at radius 1 is 1.10 bits per heavy atom. The molecule has 0 saturated carbocycles. The van der Waals surface area contributed by atoms with Crippen LogP contribution in [0.2, 0.25) is 0 Å². The van der Waals surface area contributed by atoms with Gasteiger partial charge in [-0.05, 0) is 42.8 Å². The van der Waals surface area contributed by atoms with Gasteiger partial charge in [-0.3, -0.25) is 14.5 Å². The number of ether oxygens (including phenoxy) is 1. The van der Waals surface area contributed by atoms with E-state index in [0.717, 1.165) is 34.8 Å². The summed E-state index contributed by atoms with van der Waals surface area (Å²) in [5.41, 5.74) is 4.50. The van der Waals surface area contributed by atoms with E-state index in [1.54, 1.807) is 7.11 Å². The highest BCUT2D eigenvalue weighted by Gasteiger charge is 2.34. The van der Waals surface area contributed by atoms with Crippen molar-refractivity contribution in [1.82, 2.24) is 9.47 Å². The van der Waals surface area contributed by atoms with Crippen molar-refractivity contribution >= 4 is 39.9 Å². The van der Waals surface area contributed by atoms with Crippen molar-refractivity contribution in [1.29, 1.82) is 0 Å². The van der Waals surface area contributed by atoms with E-state index in [1.165, 1.54) is 16.0 Å². The van der Waals surface area contributed by atoms with Crippen LogP contribution in [0.5, 0.6) is 0 Å². The number of methoxy groups -OCH3 is 1. The number of hydrogen-bond donors (Lipinski definition) is 0. The van der Waals surface area contributed by atoms with Gasteiger partial charge in [-0.2, -0.15) is 0 Å². The molecule has 1 fully saturated rings. The molecule has 0 spiro atoms. The molecule has 6 heteroatoms. The minimum atomic E-state index is -0.225. The number of carbonyl (C=O) groups is 2. The molecule has 1 aliphatic rings. The zero-order valence-corrected chi connectivity index (χ0v) is 17.9. The van der Waals surface area contributed by atoms with Crippen LogP contribution in [0, 0.1) is 6.92 Å². The van der Waals surface area contributed by atoms with Gasteiger partial charge < -0.3 is 9.30 Å². The number of thioether (sulfide) groups is 1. The monoisotopic (exact) mass is 420 g/mol. The Morgan fingerprint density at radius 3 is 2.73 bits per heavy atom. The van der Waals surface area contributed by atoms with Crippen LogP contribution in [0.25, 0.3) is 17.0 Å². The summed E-state index contributed by atoms with van der Waals surface area (Å²) in [5.74, 6) is -0.225. The molecule has 154 valence electrons. The summed E-state index contributed by atoms with van der Waals surface area (Å²) < 4.78 is 7.22. The second kappa shape index (κ2) is 8.90. The van der Waals surface area contributed by atoms with Gasteiger partial charge in [0, 0.05) is 49.5 Å². The molecule has 2 aromatic carbocycles. The molecule has 1 aromatic heterocycles. The third kappa shape index (κ3) is 4.20. The molecule has 2 heterocycles. The van der Waals surface area contributed by atoms with Crippen LogP contribution in [0.3, 0.4) is 0 Å². The van der Waals surface area contributed by atoms with Crippen molar-refractivity contribution in [2.45, 2.75) is 19.9 Å². The molecular weight excluding hydrogens is 396 g/mol. The number of aromatic nitrogens is 1. The van der Waals surface area contributed by atoms with Gasteiger partial charge in [-0.25, -0.2) is 0 Å². The molecule has 1 aliphatic heterocycles. The van der Waals surface area contributed by atoms with Crippen molar-refractivity contribution in [3.63, 3.8) is 0 Å². The maximum absolute atomic E-state index is 12.8. The number of rotatable bonds is 7. The van der Waals surface area contributed by atoms with Crippen LogP contribution in [0.15, 0.2) is 59.6 Å². The van der Waals surface area contributed by atoms with Crippen molar-refractivity contribution < 1.29 is 14.3 Å². The molecule has 0 aliphatic carbocycles. The first-order valence-corrected chi connectivity index (χ1v) is 10.8. The summed E-state index contributed by atoms with van der Waals surface area (Å²) in [5, 5.41) is 0.849. The average molecular weight is 421 g/mol. The number of aryl methyl sites for hydroxylation is 1. The normalized spacial score (nSPS) is 15.7. The number of imide groups is 1. The van der Waals surface area contributed by atoms with Gasteiger partial charge in [0.05, 0.1) is 4.91 Å². The SMILES string of the molecule is COCCCN1C(=O)S/C(=C/c2cn(Cc3cccc(C)c3)c3ccccc23)C1=O. The topological polar surface area (TPSA) is 51.5 Å². The predicted molar refractivity (Wildman–Crippen MR) is 121 cm³/mol. The van der Waals surface area contributed by atoms with Gasteiger partial charge in [-0.15, -0.1) is 0 Å². The van der Waals surface area contributed by atoms with Crippen LogP contribution in [0.4, 0.5) is 4.79 Å². The second-order valence-electron chi connectivity index (χ2n) is 7.40. The highest BCUT2D eigenvalue weighted by Crippen LogP contribution is 2.34. The molecule has 4 rings (SSSR count). The van der Waals surface area contributed by atoms with Gasteiger partial charge in [0.15, 0.2) is 0 Å². The molecule has 3 aromatic rings. The molecular formula is C24H24N2O3S. The molecule has 0 atom stereocenters. The third-order valence-electron chi connectivity index (χ3n) is 5.15. The fraction of sp³-hybridized carbons (Fsp3) is 0.250. The Morgan fingerprint density at radius 2 is 1.93 bits per heavy atom. The summed E-state index contributed by atoms with van der Waals surface area (Å²) in [6, 6.07) is 16.6. The van der Waals surface area contributed by atoms with Crippen LogP contribution < -0.4 is 0 Å². The van der Waals surface area contributed by atoms with Crippen LogP contribution >= 0.6 is 11.8 Å². The van der Waals surface area contributed by atoms with Gasteiger partial charge in [0.2, 0.25) is 0 Å². The molecule has 30 heavy (non-hydrogen) atoms. The smallest absolute Gasteiger partial charge is 0.293 e. The Hall–Kier alpha value is -2.83. The van der Waals surface area contributed by atoms with Crippen LogP contribution in [-0.2, 0) is 16.1 Å². The lowest BCUT2D eigenvalue weighted by atomic mass is 10.1. The third-order valence-corrected chi connectivity index (χ3v) is 6.05. The Labute approximate surface area is 180 Å². The fourth-order valence-electron chi connectivity index (χ4n) is 3.73. The summed E-state index contributed by atoms with van der Waals surface area (Å²) >= 11 is 1.01. The first-order valence-electron chi connectivity index (χ1n) is 9.94. The zero-order chi connectivity index (χ0) is 21.1. The number of nitrogens with zero attached hydrogens (tertiary/aromatic N) is 2. The van der Waals surface area contributed by atoms with Crippen LogP contribution in [0.1, 0.15) is 23.1 Å². The van der Waals surface area contributed by atoms with E-state index in [4.69, 9.17) is 4.74 Å². The van der Waals surface area contributed by atoms with E-state index >= 15 is 0 Å². The lowest BCUT2D eigenvalue weighted by molar-refractivity contribution is -0.122. The van der Waals surface area contributed by atoms with Gasteiger partial charge in [0.25, 0.3) is 11.1 Å². The minimum absolute atomic E-state index is 0.217. The van der Waals surface area contributed by atoms with Crippen molar-refractivity contribution in [3.05, 3.63) is 76.3 Å². The first kappa shape index (κ1) is 20.4. The number of fused-ring (bicyclic) bond motifs is 1. The largest absolute Gasteiger partial charge is 0.385 e. The average Bonchev–Trinajstić information content (AvgIpc) is 3.20. The molecule has 0 radical (unpaired) electrons. The van der Waals surface area contributed by atoms with E-state index < -0.39 is 0 Å². The summed E-state index contributed by atoms with van der Waals surface area (Å²) in [7, 11) is 1.61. The first-order chi connectivity index (χ1) is 14.6. The number of benzene rings is 2. The van der Waals surface area contributed by atoms with E-state index in [0.29, 0.717) is 24.5 Å². The zero-order valence-electron chi connectivity index (χ0n) is 17.1. The number of hydrogen-bond acceptors (Lipinski definition) is 4. The quantitative estimate of drug-likeness (QED) is 0.395. The molecule has 0 unspecified atom stereocenters. The number of amides is 2. The van der Waals surface area contributed by atoms with E-state index in [1.807, 2.05) is 18.2 Å². The molecule has 0 bridgehead atoms. The molecule has 5 nitrogen and oxygen atoms in total.